The monoisotopic (exact) mass is 374 g/mol. The van der Waals surface area contributed by atoms with E-state index in [1.807, 2.05) is 37.3 Å². The number of phenols is 1. The van der Waals surface area contributed by atoms with Crippen LogP contribution in [0.15, 0.2) is 42.5 Å². The van der Waals surface area contributed by atoms with Gasteiger partial charge in [-0.15, -0.1) is 0 Å². The predicted octanol–water partition coefficient (Wildman–Crippen LogP) is 5.01. The number of pyridine rings is 1. The number of rotatable bonds is 8. The molecule has 1 aromatic heterocycles. The molecule has 0 amide bonds. The summed E-state index contributed by atoms with van der Waals surface area (Å²) in [6, 6.07) is 12.6. The maximum Gasteiger partial charge on any atom is 0.458 e. The van der Waals surface area contributed by atoms with Crippen LogP contribution in [0.1, 0.15) is 26.7 Å². The van der Waals surface area contributed by atoms with Crippen LogP contribution in [-0.2, 0) is 9.09 Å². The largest absolute Gasteiger partial charge is 0.507 e. The minimum Gasteiger partial charge on any atom is -0.507 e. The molecule has 0 fully saturated rings. The Morgan fingerprint density at radius 2 is 1.96 bits per heavy atom. The first kappa shape index (κ1) is 18.6. The quantitative estimate of drug-likeness (QED) is 0.328. The second-order valence-corrected chi connectivity index (χ2v) is 7.71. The number of unbranched alkanes of at least 4 members (excludes halogenated alkanes) is 1. The number of nitrogens with zero attached hydrogens (tertiary/aromatic N) is 1. The highest BCUT2D eigenvalue weighted by Gasteiger charge is 2.25. The van der Waals surface area contributed by atoms with E-state index in [4.69, 9.17) is 9.05 Å². The van der Waals surface area contributed by atoms with Crippen LogP contribution in [0.25, 0.3) is 21.8 Å². The third-order valence-corrected chi connectivity index (χ3v) is 5.61. The lowest BCUT2D eigenvalue weighted by atomic mass is 10.1. The summed E-state index contributed by atoms with van der Waals surface area (Å²) in [5.41, 5.74) is 1.38. The first-order valence-electron chi connectivity index (χ1n) is 8.76. The molecule has 0 spiro atoms. The van der Waals surface area contributed by atoms with Crippen molar-refractivity contribution in [2.75, 3.05) is 13.2 Å². The van der Waals surface area contributed by atoms with E-state index < -0.39 is 7.75 Å². The molecule has 0 aliphatic rings. The standard InChI is InChI=1S/C19H23N2O4P/c1-3-5-10-20-26(23,24-4-2)25-15-12-18-16(19(22)13-15)11-14-8-6-7-9-17(14)21-18/h6-9,11-13,22H,3-5,10H2,1-2H3,(H,20,23). The molecule has 0 aliphatic heterocycles. The van der Waals surface area contributed by atoms with Gasteiger partial charge < -0.3 is 9.63 Å². The lowest BCUT2D eigenvalue weighted by Crippen LogP contribution is -2.18. The highest BCUT2D eigenvalue weighted by Crippen LogP contribution is 2.45. The summed E-state index contributed by atoms with van der Waals surface area (Å²) in [6.45, 7) is 4.57. The Kier molecular flexibility index (Phi) is 5.77. The molecule has 26 heavy (non-hydrogen) atoms. The lowest BCUT2D eigenvalue weighted by molar-refractivity contribution is 0.268. The Hall–Kier alpha value is -2.14. The van der Waals surface area contributed by atoms with E-state index in [0.29, 0.717) is 17.4 Å². The highest BCUT2D eigenvalue weighted by atomic mass is 31.2. The third-order valence-electron chi connectivity index (χ3n) is 3.95. The fraction of sp³-hybridized carbons (Fsp3) is 0.316. The van der Waals surface area contributed by atoms with Gasteiger partial charge in [0.1, 0.15) is 11.5 Å². The summed E-state index contributed by atoms with van der Waals surface area (Å²) in [5.74, 6) is 0.269. The number of phenolic OH excluding ortho intramolecular Hbond substituents is 1. The van der Waals surface area contributed by atoms with E-state index in [2.05, 4.69) is 10.1 Å². The van der Waals surface area contributed by atoms with E-state index in [0.717, 1.165) is 23.7 Å². The number of benzene rings is 2. The minimum absolute atomic E-state index is 0.0207. The zero-order valence-corrected chi connectivity index (χ0v) is 15.8. The van der Waals surface area contributed by atoms with Crippen LogP contribution in [0, 0.1) is 0 Å². The molecule has 3 rings (SSSR count). The Morgan fingerprint density at radius 3 is 2.73 bits per heavy atom. The summed E-state index contributed by atoms with van der Waals surface area (Å²) >= 11 is 0. The smallest absolute Gasteiger partial charge is 0.458 e. The molecule has 1 unspecified atom stereocenters. The second kappa shape index (κ2) is 8.04. The summed E-state index contributed by atoms with van der Waals surface area (Å²) in [7, 11) is -3.51. The van der Waals surface area contributed by atoms with Crippen LogP contribution in [0.5, 0.6) is 11.5 Å². The van der Waals surface area contributed by atoms with Crippen molar-refractivity contribution < 1.29 is 18.7 Å². The average molecular weight is 374 g/mol. The molecule has 6 nitrogen and oxygen atoms in total. The Balaban J connectivity index is 1.96. The molecule has 2 N–H and O–H groups in total. The lowest BCUT2D eigenvalue weighted by Gasteiger charge is -2.19. The number of hydrogen-bond acceptors (Lipinski definition) is 5. The Labute approximate surface area is 152 Å². The average Bonchev–Trinajstić information content (AvgIpc) is 2.61. The summed E-state index contributed by atoms with van der Waals surface area (Å²) in [4.78, 5) is 4.56. The van der Waals surface area contributed by atoms with Crippen molar-refractivity contribution in [3.63, 3.8) is 0 Å². The first-order valence-corrected chi connectivity index (χ1v) is 10.3. The number of fused-ring (bicyclic) bond motifs is 2. The normalized spacial score (nSPS) is 13.8. The van der Waals surface area contributed by atoms with Crippen molar-refractivity contribution in [3.05, 3.63) is 42.5 Å². The van der Waals surface area contributed by atoms with E-state index >= 15 is 0 Å². The van der Waals surface area contributed by atoms with Gasteiger partial charge >= 0.3 is 7.75 Å². The molecule has 2 aromatic carbocycles. The molecule has 1 heterocycles. The second-order valence-electron chi connectivity index (χ2n) is 5.96. The van der Waals surface area contributed by atoms with Gasteiger partial charge in [-0.1, -0.05) is 31.5 Å². The molecular formula is C19H23N2O4P. The fourth-order valence-corrected chi connectivity index (χ4v) is 4.06. The Morgan fingerprint density at radius 1 is 1.15 bits per heavy atom. The van der Waals surface area contributed by atoms with E-state index in [1.54, 1.807) is 13.0 Å². The van der Waals surface area contributed by atoms with Crippen molar-refractivity contribution >= 4 is 29.6 Å². The topological polar surface area (TPSA) is 80.7 Å². The maximum atomic E-state index is 12.9. The molecule has 0 bridgehead atoms. The maximum absolute atomic E-state index is 12.9. The molecule has 1 atom stereocenters. The van der Waals surface area contributed by atoms with Crippen LogP contribution in [0.3, 0.4) is 0 Å². The van der Waals surface area contributed by atoms with Crippen molar-refractivity contribution in [1.29, 1.82) is 0 Å². The van der Waals surface area contributed by atoms with Crippen molar-refractivity contribution in [2.45, 2.75) is 26.7 Å². The van der Waals surface area contributed by atoms with Gasteiger partial charge in [-0.25, -0.2) is 14.6 Å². The minimum atomic E-state index is -3.51. The van der Waals surface area contributed by atoms with Gasteiger partial charge in [0.25, 0.3) is 0 Å². The van der Waals surface area contributed by atoms with Crippen LogP contribution < -0.4 is 9.61 Å². The molecule has 3 aromatic rings. The molecular weight excluding hydrogens is 351 g/mol. The van der Waals surface area contributed by atoms with Crippen LogP contribution in [-0.4, -0.2) is 23.2 Å². The molecule has 7 heteroatoms. The molecule has 0 saturated carbocycles. The first-order chi connectivity index (χ1) is 12.5. The summed E-state index contributed by atoms with van der Waals surface area (Å²) < 4.78 is 23.8. The molecule has 0 saturated heterocycles. The highest BCUT2D eigenvalue weighted by molar-refractivity contribution is 7.52. The zero-order valence-electron chi connectivity index (χ0n) is 14.9. The SMILES string of the molecule is CCCCNP(=O)(OCC)Oc1cc(O)c2cc3ccccc3nc2c1. The van der Waals surface area contributed by atoms with Crippen molar-refractivity contribution in [2.24, 2.45) is 0 Å². The van der Waals surface area contributed by atoms with Crippen molar-refractivity contribution in [1.82, 2.24) is 10.1 Å². The van der Waals surface area contributed by atoms with Gasteiger partial charge in [0.15, 0.2) is 0 Å². The van der Waals surface area contributed by atoms with Gasteiger partial charge in [0.2, 0.25) is 0 Å². The third kappa shape index (κ3) is 4.15. The fourth-order valence-electron chi connectivity index (χ4n) is 2.69. The van der Waals surface area contributed by atoms with Crippen molar-refractivity contribution in [3.8, 4) is 11.5 Å². The van der Waals surface area contributed by atoms with Gasteiger partial charge in [-0.05, 0) is 25.5 Å². The summed E-state index contributed by atoms with van der Waals surface area (Å²) in [6.07, 6.45) is 1.82. The number of para-hydroxylation sites is 1. The zero-order chi connectivity index (χ0) is 18.6. The molecule has 138 valence electrons. The number of aromatic hydroxyl groups is 1. The van der Waals surface area contributed by atoms with E-state index in [9.17, 15) is 9.67 Å². The number of hydrogen-bond donors (Lipinski definition) is 2. The number of nitrogens with one attached hydrogen (secondary N) is 1. The number of aromatic nitrogens is 1. The van der Waals surface area contributed by atoms with E-state index in [1.165, 1.54) is 6.07 Å². The van der Waals surface area contributed by atoms with Crippen LogP contribution >= 0.6 is 7.75 Å². The van der Waals surface area contributed by atoms with Crippen LogP contribution in [0.2, 0.25) is 0 Å². The van der Waals surface area contributed by atoms with Crippen LogP contribution in [0.4, 0.5) is 0 Å². The molecule has 0 aliphatic carbocycles. The van der Waals surface area contributed by atoms with Gasteiger partial charge in [0.05, 0.1) is 17.6 Å². The van der Waals surface area contributed by atoms with Gasteiger partial charge in [-0.2, -0.15) is 0 Å². The predicted molar refractivity (Wildman–Crippen MR) is 104 cm³/mol. The van der Waals surface area contributed by atoms with Gasteiger partial charge in [-0.3, -0.25) is 4.52 Å². The van der Waals surface area contributed by atoms with E-state index in [-0.39, 0.29) is 18.1 Å². The van der Waals surface area contributed by atoms with Gasteiger partial charge in [0, 0.05) is 29.4 Å². The Bertz CT molecular complexity index is 961. The molecule has 0 radical (unpaired) electrons. The summed E-state index contributed by atoms with van der Waals surface area (Å²) in [5, 5.41) is 14.8.